The van der Waals surface area contributed by atoms with Gasteiger partial charge in [0.15, 0.2) is 0 Å². The monoisotopic (exact) mass is 176 g/mol. The predicted molar refractivity (Wildman–Crippen MR) is 39.8 cm³/mol. The summed E-state index contributed by atoms with van der Waals surface area (Å²) < 4.78 is 20.4. The van der Waals surface area contributed by atoms with Crippen molar-refractivity contribution in [1.29, 1.82) is 0 Å². The lowest BCUT2D eigenvalue weighted by Crippen LogP contribution is -2.03. The summed E-state index contributed by atoms with van der Waals surface area (Å²) in [6, 6.07) is 2.95. The summed E-state index contributed by atoms with van der Waals surface area (Å²) in [6.45, 7) is 1.83. The van der Waals surface area contributed by atoms with Crippen molar-refractivity contribution in [2.75, 3.05) is 6.61 Å². The van der Waals surface area contributed by atoms with Gasteiger partial charge in [-0.1, -0.05) is 0 Å². The van der Waals surface area contributed by atoms with E-state index in [1.165, 1.54) is 18.4 Å². The highest BCUT2D eigenvalue weighted by Crippen LogP contribution is 2.40. The molecule has 0 amide bonds. The third kappa shape index (κ3) is 1.93. The maximum atomic E-state index is 11.1. The Bertz CT molecular complexity index is 254. The molecule has 0 aliphatic carbocycles. The Morgan fingerprint density at radius 1 is 1.82 bits per heavy atom. The summed E-state index contributed by atoms with van der Waals surface area (Å²) in [5, 5.41) is 0. The molecule has 0 saturated heterocycles. The van der Waals surface area contributed by atoms with Crippen LogP contribution in [0.25, 0.3) is 0 Å². The lowest BCUT2D eigenvalue weighted by molar-refractivity contribution is 0.278. The van der Waals surface area contributed by atoms with E-state index in [-0.39, 0.29) is 12.1 Å². The molecule has 1 aromatic heterocycles. The molecule has 0 spiro atoms. The van der Waals surface area contributed by atoms with E-state index in [2.05, 4.69) is 4.52 Å². The van der Waals surface area contributed by atoms with E-state index in [1.54, 1.807) is 6.92 Å². The van der Waals surface area contributed by atoms with Crippen molar-refractivity contribution in [1.82, 2.24) is 0 Å². The Morgan fingerprint density at radius 3 is 3.00 bits per heavy atom. The molecule has 0 bridgehead atoms. The summed E-state index contributed by atoms with van der Waals surface area (Å²) in [4.78, 5) is 9.11. The molecule has 11 heavy (non-hydrogen) atoms. The van der Waals surface area contributed by atoms with Crippen LogP contribution in [0.5, 0.6) is 0 Å². The molecule has 0 saturated carbocycles. The summed E-state index contributed by atoms with van der Waals surface area (Å²) in [5.74, 6) is 0. The van der Waals surface area contributed by atoms with E-state index in [9.17, 15) is 4.57 Å². The zero-order valence-electron chi connectivity index (χ0n) is 6.06. The van der Waals surface area contributed by atoms with Crippen molar-refractivity contribution in [2.24, 2.45) is 0 Å². The second-order valence-electron chi connectivity index (χ2n) is 1.89. The van der Waals surface area contributed by atoms with Crippen LogP contribution in [0.15, 0.2) is 22.8 Å². The average Bonchev–Trinajstić information content (AvgIpc) is 2.37. The highest BCUT2D eigenvalue weighted by Gasteiger charge is 2.24. The molecular formula is C6H9O4P. The highest BCUT2D eigenvalue weighted by molar-refractivity contribution is 7.60. The number of furan rings is 1. The van der Waals surface area contributed by atoms with Crippen molar-refractivity contribution >= 4 is 13.1 Å². The summed E-state index contributed by atoms with van der Waals surface area (Å²) in [6.07, 6.45) is 1.33. The van der Waals surface area contributed by atoms with Gasteiger partial charge in [0, 0.05) is 0 Å². The molecule has 1 unspecified atom stereocenters. The Morgan fingerprint density at radius 2 is 2.55 bits per heavy atom. The van der Waals surface area contributed by atoms with Gasteiger partial charge in [-0.2, -0.15) is 0 Å². The van der Waals surface area contributed by atoms with Crippen LogP contribution in [0.1, 0.15) is 6.92 Å². The van der Waals surface area contributed by atoms with Crippen molar-refractivity contribution in [3.63, 3.8) is 0 Å². The molecule has 0 aliphatic heterocycles. The Kier molecular flexibility index (Phi) is 2.49. The average molecular weight is 176 g/mol. The first-order valence-electron chi connectivity index (χ1n) is 3.18. The fourth-order valence-electron chi connectivity index (χ4n) is 0.669. The first kappa shape index (κ1) is 8.53. The summed E-state index contributed by atoms with van der Waals surface area (Å²) >= 11 is 0. The van der Waals surface area contributed by atoms with Gasteiger partial charge >= 0.3 is 7.60 Å². The van der Waals surface area contributed by atoms with E-state index in [0.29, 0.717) is 0 Å². The van der Waals surface area contributed by atoms with Crippen LogP contribution in [0, 0.1) is 0 Å². The van der Waals surface area contributed by atoms with E-state index >= 15 is 0 Å². The lowest BCUT2D eigenvalue weighted by Gasteiger charge is -2.05. The zero-order valence-corrected chi connectivity index (χ0v) is 6.95. The van der Waals surface area contributed by atoms with Gasteiger partial charge in [0.05, 0.1) is 12.9 Å². The van der Waals surface area contributed by atoms with Gasteiger partial charge in [0.2, 0.25) is 5.50 Å². The molecule has 4 nitrogen and oxygen atoms in total. The molecule has 0 aliphatic rings. The van der Waals surface area contributed by atoms with Crippen LogP contribution in [0.3, 0.4) is 0 Å². The Balaban J connectivity index is 2.82. The normalized spacial score (nSPS) is 16.2. The minimum Gasteiger partial charge on any atom is -0.456 e. The summed E-state index contributed by atoms with van der Waals surface area (Å²) in [5.41, 5.74) is -0.0145. The second kappa shape index (κ2) is 3.22. The summed E-state index contributed by atoms with van der Waals surface area (Å²) in [7, 11) is -3.66. The second-order valence-corrected chi connectivity index (χ2v) is 3.63. The Labute approximate surface area is 64.3 Å². The fourth-order valence-corrected chi connectivity index (χ4v) is 1.62. The van der Waals surface area contributed by atoms with Gasteiger partial charge in [-0.25, -0.2) is 0 Å². The van der Waals surface area contributed by atoms with E-state index in [0.717, 1.165) is 0 Å². The van der Waals surface area contributed by atoms with E-state index in [1.807, 2.05) is 0 Å². The number of hydrogen-bond acceptors (Lipinski definition) is 3. The van der Waals surface area contributed by atoms with Gasteiger partial charge < -0.3 is 13.8 Å². The minimum atomic E-state index is -3.66. The fraction of sp³-hybridized carbons (Fsp3) is 0.333. The van der Waals surface area contributed by atoms with Crippen LogP contribution < -0.4 is 5.50 Å². The van der Waals surface area contributed by atoms with Crippen molar-refractivity contribution in [3.05, 3.63) is 18.4 Å². The maximum absolute atomic E-state index is 11.1. The van der Waals surface area contributed by atoms with E-state index < -0.39 is 7.60 Å². The lowest BCUT2D eigenvalue weighted by atomic mass is 10.7. The van der Waals surface area contributed by atoms with Gasteiger partial charge in [-0.3, -0.25) is 4.57 Å². The Hall–Kier alpha value is -0.570. The van der Waals surface area contributed by atoms with Crippen molar-refractivity contribution in [2.45, 2.75) is 6.92 Å². The third-order valence-corrected chi connectivity index (χ3v) is 2.51. The molecule has 1 heterocycles. The van der Waals surface area contributed by atoms with Crippen LogP contribution >= 0.6 is 7.60 Å². The number of hydrogen-bond donors (Lipinski definition) is 1. The van der Waals surface area contributed by atoms with Gasteiger partial charge in [-0.05, 0) is 19.1 Å². The maximum Gasteiger partial charge on any atom is 0.393 e. The first-order chi connectivity index (χ1) is 5.17. The predicted octanol–water partition coefficient (Wildman–Crippen LogP) is 1.13. The van der Waals surface area contributed by atoms with Crippen LogP contribution in [-0.4, -0.2) is 11.5 Å². The first-order valence-corrected chi connectivity index (χ1v) is 4.76. The smallest absolute Gasteiger partial charge is 0.393 e. The molecule has 1 atom stereocenters. The molecule has 0 radical (unpaired) electrons. The largest absolute Gasteiger partial charge is 0.456 e. The molecular weight excluding hydrogens is 167 g/mol. The van der Waals surface area contributed by atoms with Gasteiger partial charge in [0.1, 0.15) is 0 Å². The molecule has 62 valence electrons. The highest BCUT2D eigenvalue weighted by atomic mass is 31.2. The third-order valence-electron chi connectivity index (χ3n) is 1.09. The molecule has 0 fully saturated rings. The molecule has 1 aromatic rings. The number of rotatable bonds is 3. The van der Waals surface area contributed by atoms with Crippen molar-refractivity contribution < 1.29 is 18.4 Å². The molecule has 1 N–H and O–H groups in total. The molecule has 0 aromatic carbocycles. The zero-order chi connectivity index (χ0) is 8.32. The van der Waals surface area contributed by atoms with Crippen LogP contribution in [-0.2, 0) is 9.09 Å². The van der Waals surface area contributed by atoms with Gasteiger partial charge in [-0.15, -0.1) is 0 Å². The van der Waals surface area contributed by atoms with Crippen LogP contribution in [0.2, 0.25) is 0 Å². The molecule has 1 rings (SSSR count). The van der Waals surface area contributed by atoms with Gasteiger partial charge in [0.25, 0.3) is 0 Å². The standard InChI is InChI=1S/C6H9O4P/c1-2-10-11(7,8)6-4-3-5-9-6/h3-5H,2H2,1H3,(H,7,8). The molecule has 5 heteroatoms. The minimum absolute atomic E-state index is 0.0145. The van der Waals surface area contributed by atoms with Crippen LogP contribution in [0.4, 0.5) is 0 Å². The quantitative estimate of drug-likeness (QED) is 0.701. The SMILES string of the molecule is CCOP(=O)(O)c1ccco1. The van der Waals surface area contributed by atoms with Crippen molar-refractivity contribution in [3.8, 4) is 0 Å². The topological polar surface area (TPSA) is 59.7 Å². The van der Waals surface area contributed by atoms with E-state index in [4.69, 9.17) is 9.31 Å².